The first-order valence-electron chi connectivity index (χ1n) is 11.4. The van der Waals surface area contributed by atoms with Gasteiger partial charge in [-0.05, 0) is 61.2 Å². The first kappa shape index (κ1) is 25.5. The molecule has 178 valence electrons. The molecule has 0 saturated carbocycles. The zero-order valence-electron chi connectivity index (χ0n) is 19.9. The fraction of sp³-hybridized carbons (Fsp3) is 0.286. The van der Waals surface area contributed by atoms with Crippen LogP contribution in [0.25, 0.3) is 0 Å². The number of nitrogens with one attached hydrogen (secondary N) is 1. The van der Waals surface area contributed by atoms with Crippen LogP contribution in [0.15, 0.2) is 77.3 Å². The molecule has 0 unspecified atom stereocenters. The lowest BCUT2D eigenvalue weighted by Gasteiger charge is -2.31. The Balaban J connectivity index is 1.90. The van der Waals surface area contributed by atoms with E-state index in [1.165, 1.54) is 0 Å². The van der Waals surface area contributed by atoms with E-state index in [9.17, 15) is 9.59 Å². The highest BCUT2D eigenvalue weighted by Crippen LogP contribution is 2.22. The van der Waals surface area contributed by atoms with Crippen LogP contribution >= 0.6 is 15.9 Å². The van der Waals surface area contributed by atoms with Gasteiger partial charge in [0.1, 0.15) is 11.8 Å². The third-order valence-electron chi connectivity index (χ3n) is 5.72. The van der Waals surface area contributed by atoms with Gasteiger partial charge in [-0.2, -0.15) is 0 Å². The lowest BCUT2D eigenvalue weighted by atomic mass is 10.0. The van der Waals surface area contributed by atoms with Crippen LogP contribution in [0.4, 0.5) is 0 Å². The minimum Gasteiger partial charge on any atom is -0.484 e. The molecule has 0 bridgehead atoms. The zero-order valence-corrected chi connectivity index (χ0v) is 21.5. The molecule has 2 amide bonds. The van der Waals surface area contributed by atoms with Gasteiger partial charge in [-0.25, -0.2) is 0 Å². The van der Waals surface area contributed by atoms with Gasteiger partial charge in [-0.3, -0.25) is 9.59 Å². The van der Waals surface area contributed by atoms with E-state index in [1.54, 1.807) is 4.90 Å². The molecule has 3 aromatic rings. The van der Waals surface area contributed by atoms with Gasteiger partial charge in [0.15, 0.2) is 6.61 Å². The van der Waals surface area contributed by atoms with Crippen molar-refractivity contribution < 1.29 is 14.3 Å². The van der Waals surface area contributed by atoms with Crippen LogP contribution in [-0.2, 0) is 22.6 Å². The number of amides is 2. The summed E-state index contributed by atoms with van der Waals surface area (Å²) < 4.78 is 6.83. The molecule has 3 rings (SSSR count). The normalized spacial score (nSPS) is 11.5. The molecule has 0 saturated heterocycles. The predicted octanol–water partition coefficient (Wildman–Crippen LogP) is 5.22. The number of carbonyl (C=O) groups excluding carboxylic acids is 2. The Kier molecular flexibility index (Phi) is 9.28. The molecule has 0 aliphatic heterocycles. The summed E-state index contributed by atoms with van der Waals surface area (Å²) in [6, 6.07) is 22.6. The van der Waals surface area contributed by atoms with Crippen molar-refractivity contribution in [3.63, 3.8) is 0 Å². The number of ether oxygens (including phenoxy) is 1. The summed E-state index contributed by atoms with van der Waals surface area (Å²) in [5.41, 5.74) is 4.08. The number of benzene rings is 3. The van der Waals surface area contributed by atoms with Gasteiger partial charge in [0, 0.05) is 24.0 Å². The molecule has 0 spiro atoms. The maximum absolute atomic E-state index is 13.5. The summed E-state index contributed by atoms with van der Waals surface area (Å²) >= 11 is 3.48. The summed E-state index contributed by atoms with van der Waals surface area (Å²) in [4.78, 5) is 28.4. The Bertz CT molecular complexity index is 1120. The molecule has 0 fully saturated rings. The summed E-state index contributed by atoms with van der Waals surface area (Å²) in [6.45, 7) is 6.52. The minimum absolute atomic E-state index is 0.155. The van der Waals surface area contributed by atoms with Crippen molar-refractivity contribution in [3.8, 4) is 5.75 Å². The lowest BCUT2D eigenvalue weighted by Crippen LogP contribution is -2.51. The molecule has 0 aliphatic rings. The summed E-state index contributed by atoms with van der Waals surface area (Å²) in [5, 5.41) is 2.91. The molecular formula is C28H31BrN2O3. The Morgan fingerprint density at radius 1 is 0.971 bits per heavy atom. The van der Waals surface area contributed by atoms with Crippen molar-refractivity contribution in [1.82, 2.24) is 10.2 Å². The number of hydrogen-bond acceptors (Lipinski definition) is 3. The molecule has 1 N–H and O–H groups in total. The maximum Gasteiger partial charge on any atom is 0.261 e. The molecule has 3 aromatic carbocycles. The number of hydrogen-bond donors (Lipinski definition) is 1. The van der Waals surface area contributed by atoms with Gasteiger partial charge in [0.2, 0.25) is 5.91 Å². The molecule has 0 aromatic heterocycles. The van der Waals surface area contributed by atoms with Crippen LogP contribution in [-0.4, -0.2) is 35.9 Å². The quantitative estimate of drug-likeness (QED) is 0.397. The highest BCUT2D eigenvalue weighted by Gasteiger charge is 2.30. The fourth-order valence-corrected chi connectivity index (χ4v) is 4.00. The number of carbonyl (C=O) groups is 2. The van der Waals surface area contributed by atoms with Gasteiger partial charge in [0.05, 0.1) is 0 Å². The average Bonchev–Trinajstić information content (AvgIpc) is 2.83. The van der Waals surface area contributed by atoms with Crippen molar-refractivity contribution >= 4 is 27.7 Å². The lowest BCUT2D eigenvalue weighted by molar-refractivity contribution is -0.142. The number of rotatable bonds is 10. The van der Waals surface area contributed by atoms with E-state index in [0.717, 1.165) is 26.7 Å². The smallest absolute Gasteiger partial charge is 0.261 e. The highest BCUT2D eigenvalue weighted by atomic mass is 79.9. The first-order chi connectivity index (χ1) is 16.4. The zero-order chi connectivity index (χ0) is 24.5. The monoisotopic (exact) mass is 522 g/mol. The molecule has 34 heavy (non-hydrogen) atoms. The Morgan fingerprint density at radius 3 is 2.35 bits per heavy atom. The van der Waals surface area contributed by atoms with E-state index in [1.807, 2.05) is 93.6 Å². The van der Waals surface area contributed by atoms with Gasteiger partial charge < -0.3 is 15.0 Å². The molecule has 0 aliphatic carbocycles. The van der Waals surface area contributed by atoms with Crippen molar-refractivity contribution in [3.05, 3.63) is 99.5 Å². The Morgan fingerprint density at radius 2 is 1.68 bits per heavy atom. The summed E-state index contributed by atoms with van der Waals surface area (Å²) in [5.74, 6) is 0.200. The van der Waals surface area contributed by atoms with Crippen LogP contribution in [0.3, 0.4) is 0 Å². The average molecular weight is 523 g/mol. The van der Waals surface area contributed by atoms with E-state index in [0.29, 0.717) is 25.3 Å². The van der Waals surface area contributed by atoms with Crippen LogP contribution in [0.1, 0.15) is 29.2 Å². The van der Waals surface area contributed by atoms with Crippen molar-refractivity contribution in [2.75, 3.05) is 13.2 Å². The standard InChI is InChI=1S/C28H31BrN2O3/c1-4-30-28(33)26(17-22-11-6-5-7-12-22)31(18-23-13-9-8-10-20(23)2)27(32)19-34-24-14-15-25(29)21(3)16-24/h5-16,26H,4,17-19H2,1-3H3,(H,30,33)/t26-/m1/s1. The van der Waals surface area contributed by atoms with Crippen LogP contribution in [0.2, 0.25) is 0 Å². The number of aryl methyl sites for hydroxylation is 2. The van der Waals surface area contributed by atoms with Crippen molar-refractivity contribution in [2.24, 2.45) is 0 Å². The maximum atomic E-state index is 13.5. The second kappa shape index (κ2) is 12.4. The van der Waals surface area contributed by atoms with E-state index >= 15 is 0 Å². The fourth-order valence-electron chi connectivity index (χ4n) is 3.75. The minimum atomic E-state index is -0.662. The van der Waals surface area contributed by atoms with Gasteiger partial charge in [-0.1, -0.05) is 70.5 Å². The van der Waals surface area contributed by atoms with Gasteiger partial charge in [-0.15, -0.1) is 0 Å². The van der Waals surface area contributed by atoms with Gasteiger partial charge >= 0.3 is 0 Å². The molecule has 6 heteroatoms. The Labute approximate surface area is 210 Å². The number of nitrogens with zero attached hydrogens (tertiary/aromatic N) is 1. The largest absolute Gasteiger partial charge is 0.484 e. The highest BCUT2D eigenvalue weighted by molar-refractivity contribution is 9.10. The first-order valence-corrected chi connectivity index (χ1v) is 12.2. The number of likely N-dealkylation sites (N-methyl/N-ethyl adjacent to an activating group) is 1. The molecule has 0 heterocycles. The summed E-state index contributed by atoms with van der Waals surface area (Å²) in [6.07, 6.45) is 0.418. The molecule has 0 radical (unpaired) electrons. The van der Waals surface area contributed by atoms with Gasteiger partial charge in [0.25, 0.3) is 5.91 Å². The molecule has 5 nitrogen and oxygen atoms in total. The topological polar surface area (TPSA) is 58.6 Å². The number of halogens is 1. The third-order valence-corrected chi connectivity index (χ3v) is 6.61. The van der Waals surface area contributed by atoms with Crippen LogP contribution < -0.4 is 10.1 Å². The summed E-state index contributed by atoms with van der Waals surface area (Å²) in [7, 11) is 0. The van der Waals surface area contributed by atoms with E-state index < -0.39 is 6.04 Å². The third kappa shape index (κ3) is 6.94. The van der Waals surface area contributed by atoms with E-state index in [-0.39, 0.29) is 18.4 Å². The SMILES string of the molecule is CCNC(=O)[C@@H](Cc1ccccc1)N(Cc1ccccc1C)C(=O)COc1ccc(Br)c(C)c1. The Hall–Kier alpha value is -3.12. The van der Waals surface area contributed by atoms with Crippen molar-refractivity contribution in [1.29, 1.82) is 0 Å². The second-order valence-corrected chi connectivity index (χ2v) is 9.10. The molecular weight excluding hydrogens is 492 g/mol. The predicted molar refractivity (Wildman–Crippen MR) is 139 cm³/mol. The van der Waals surface area contributed by atoms with Crippen molar-refractivity contribution in [2.45, 2.75) is 39.8 Å². The van der Waals surface area contributed by atoms with E-state index in [2.05, 4.69) is 21.2 Å². The van der Waals surface area contributed by atoms with Crippen LogP contribution in [0, 0.1) is 13.8 Å². The second-order valence-electron chi connectivity index (χ2n) is 8.25. The van der Waals surface area contributed by atoms with E-state index in [4.69, 9.17) is 4.74 Å². The van der Waals surface area contributed by atoms with Crippen LogP contribution in [0.5, 0.6) is 5.75 Å². The molecule has 1 atom stereocenters.